The molecule has 0 radical (unpaired) electrons. The summed E-state index contributed by atoms with van der Waals surface area (Å²) in [4.78, 5) is 10.9. The second-order valence-corrected chi connectivity index (χ2v) is 8.13. The number of fused-ring (bicyclic) bond motifs is 1. The molecule has 128 valence electrons. The lowest BCUT2D eigenvalue weighted by Crippen LogP contribution is -2.14. The third kappa shape index (κ3) is 4.05. The molecule has 2 aromatic carbocycles. The maximum atomic E-state index is 12.5. The summed E-state index contributed by atoms with van der Waals surface area (Å²) in [6, 6.07) is 15.6. The summed E-state index contributed by atoms with van der Waals surface area (Å²) >= 11 is 1.21. The number of benzene rings is 2. The molecule has 0 aliphatic heterocycles. The van der Waals surface area contributed by atoms with Crippen LogP contribution in [0.15, 0.2) is 64.9 Å². The Bertz CT molecular complexity index is 1000. The summed E-state index contributed by atoms with van der Waals surface area (Å²) in [6.07, 6.45) is 2.66. The predicted octanol–water partition coefficient (Wildman–Crippen LogP) is 3.22. The highest BCUT2D eigenvalue weighted by molar-refractivity contribution is 7.94. The van der Waals surface area contributed by atoms with E-state index in [0.29, 0.717) is 11.3 Å². The van der Waals surface area contributed by atoms with Crippen molar-refractivity contribution in [3.05, 3.63) is 66.2 Å². The maximum absolute atomic E-state index is 12.5. The Morgan fingerprint density at radius 2 is 1.80 bits per heavy atom. The molecule has 0 aliphatic rings. The molecule has 3 rings (SSSR count). The molecule has 25 heavy (non-hydrogen) atoms. The first-order valence-electron chi connectivity index (χ1n) is 7.21. The van der Waals surface area contributed by atoms with Gasteiger partial charge in [-0.25, -0.2) is 13.9 Å². The van der Waals surface area contributed by atoms with E-state index in [1.807, 2.05) is 24.3 Å². The molecule has 1 heterocycles. The summed E-state index contributed by atoms with van der Waals surface area (Å²) < 4.78 is 28.7. The van der Waals surface area contributed by atoms with Crippen LogP contribution in [-0.4, -0.2) is 19.5 Å². The zero-order valence-electron chi connectivity index (χ0n) is 12.8. The van der Waals surface area contributed by atoms with E-state index in [0.717, 1.165) is 16.2 Å². The van der Waals surface area contributed by atoms with Crippen LogP contribution in [0.25, 0.3) is 16.2 Å². The van der Waals surface area contributed by atoms with E-state index < -0.39 is 15.9 Å². The summed E-state index contributed by atoms with van der Waals surface area (Å²) in [7, 11) is -3.66. The molecule has 3 N–H and O–H groups in total. The van der Waals surface area contributed by atoms with Gasteiger partial charge in [0.05, 0.1) is 0 Å². The summed E-state index contributed by atoms with van der Waals surface area (Å²) in [5, 5.41) is 9.30. The lowest BCUT2D eigenvalue weighted by molar-refractivity contribution is -0.124. The summed E-state index contributed by atoms with van der Waals surface area (Å²) in [6.45, 7) is 0. The minimum atomic E-state index is -3.66. The smallest absolute Gasteiger partial charge is 0.271 e. The molecule has 1 amide bonds. The van der Waals surface area contributed by atoms with Crippen molar-refractivity contribution in [2.75, 3.05) is 4.72 Å². The number of amides is 1. The lowest BCUT2D eigenvalue weighted by Gasteiger charge is -2.06. The standard InChI is InChI=1S/C17H14N2O4S2/c20-16(18-21)10-7-12-5-8-14(9-6-12)19-25(22,23)17-11-13-3-1-2-4-15(13)24-17/h1-11,19,21H,(H,18,20). The highest BCUT2D eigenvalue weighted by Crippen LogP contribution is 2.30. The Balaban J connectivity index is 1.78. The van der Waals surface area contributed by atoms with Gasteiger partial charge in [-0.3, -0.25) is 14.7 Å². The van der Waals surface area contributed by atoms with Crippen LogP contribution >= 0.6 is 11.3 Å². The molecule has 0 bridgehead atoms. The van der Waals surface area contributed by atoms with Crippen molar-refractivity contribution < 1.29 is 18.4 Å². The average Bonchev–Trinajstić information content (AvgIpc) is 3.06. The normalized spacial score (nSPS) is 11.7. The quantitative estimate of drug-likeness (QED) is 0.363. The van der Waals surface area contributed by atoms with Crippen LogP contribution in [0.2, 0.25) is 0 Å². The van der Waals surface area contributed by atoms with Crippen LogP contribution in [0, 0.1) is 0 Å². The van der Waals surface area contributed by atoms with E-state index in [1.165, 1.54) is 22.9 Å². The van der Waals surface area contributed by atoms with Crippen molar-refractivity contribution in [2.45, 2.75) is 4.21 Å². The molecule has 0 unspecified atom stereocenters. The monoisotopic (exact) mass is 374 g/mol. The van der Waals surface area contributed by atoms with E-state index in [2.05, 4.69) is 4.72 Å². The van der Waals surface area contributed by atoms with E-state index in [9.17, 15) is 13.2 Å². The SMILES string of the molecule is O=C(C=Cc1ccc(NS(=O)(=O)c2cc3ccccc3s2)cc1)NO. The molecule has 0 atom stereocenters. The van der Waals surface area contributed by atoms with Crippen LogP contribution in [0.1, 0.15) is 5.56 Å². The number of hydrogen-bond donors (Lipinski definition) is 3. The van der Waals surface area contributed by atoms with Gasteiger partial charge in [0, 0.05) is 16.5 Å². The lowest BCUT2D eigenvalue weighted by atomic mass is 10.2. The van der Waals surface area contributed by atoms with Crippen LogP contribution < -0.4 is 10.2 Å². The second kappa shape index (κ2) is 7.06. The summed E-state index contributed by atoms with van der Waals surface area (Å²) in [5.41, 5.74) is 2.60. The number of hydrogen-bond acceptors (Lipinski definition) is 5. The van der Waals surface area contributed by atoms with Crippen molar-refractivity contribution >= 4 is 49.1 Å². The van der Waals surface area contributed by atoms with Gasteiger partial charge in [-0.1, -0.05) is 30.3 Å². The van der Waals surface area contributed by atoms with E-state index in [1.54, 1.807) is 30.3 Å². The molecule has 8 heteroatoms. The van der Waals surface area contributed by atoms with Gasteiger partial charge in [-0.15, -0.1) is 11.3 Å². The Hall–Kier alpha value is -2.68. The first kappa shape index (κ1) is 17.2. The molecular weight excluding hydrogens is 360 g/mol. The third-order valence-electron chi connectivity index (χ3n) is 3.37. The number of thiophene rings is 1. The van der Waals surface area contributed by atoms with Crippen molar-refractivity contribution in [3.8, 4) is 0 Å². The van der Waals surface area contributed by atoms with Gasteiger partial charge < -0.3 is 0 Å². The second-order valence-electron chi connectivity index (χ2n) is 5.14. The van der Waals surface area contributed by atoms with Crippen molar-refractivity contribution in [2.24, 2.45) is 0 Å². The molecule has 0 saturated heterocycles. The number of anilines is 1. The fraction of sp³-hybridized carbons (Fsp3) is 0. The van der Waals surface area contributed by atoms with Gasteiger partial charge in [0.2, 0.25) is 0 Å². The number of carbonyl (C=O) groups is 1. The van der Waals surface area contributed by atoms with E-state index in [4.69, 9.17) is 5.21 Å². The zero-order valence-corrected chi connectivity index (χ0v) is 14.5. The number of hydroxylamine groups is 1. The molecule has 0 spiro atoms. The zero-order chi connectivity index (χ0) is 17.9. The Morgan fingerprint density at radius 1 is 1.08 bits per heavy atom. The topological polar surface area (TPSA) is 95.5 Å². The number of sulfonamides is 1. The minimum absolute atomic E-state index is 0.247. The van der Waals surface area contributed by atoms with E-state index in [-0.39, 0.29) is 4.21 Å². The molecule has 3 aromatic rings. The Kier molecular flexibility index (Phi) is 4.84. The molecule has 6 nitrogen and oxygen atoms in total. The largest absolute Gasteiger partial charge is 0.288 e. The molecular formula is C17H14N2O4S2. The van der Waals surface area contributed by atoms with Gasteiger partial charge in [0.25, 0.3) is 15.9 Å². The third-order valence-corrected chi connectivity index (χ3v) is 6.34. The highest BCUT2D eigenvalue weighted by Gasteiger charge is 2.17. The summed E-state index contributed by atoms with van der Waals surface area (Å²) in [5.74, 6) is -0.644. The Morgan fingerprint density at radius 3 is 2.48 bits per heavy atom. The first-order chi connectivity index (χ1) is 12.0. The first-order valence-corrected chi connectivity index (χ1v) is 9.51. The van der Waals surface area contributed by atoms with Gasteiger partial charge in [-0.05, 0) is 41.3 Å². The molecule has 0 saturated carbocycles. The number of carbonyl (C=O) groups excluding carboxylic acids is 1. The molecule has 1 aromatic heterocycles. The van der Waals surface area contributed by atoms with Crippen LogP contribution in [0.3, 0.4) is 0 Å². The maximum Gasteiger partial charge on any atom is 0.271 e. The van der Waals surface area contributed by atoms with Crippen LogP contribution in [-0.2, 0) is 14.8 Å². The number of rotatable bonds is 5. The van der Waals surface area contributed by atoms with Gasteiger partial charge in [0.15, 0.2) is 0 Å². The fourth-order valence-electron chi connectivity index (χ4n) is 2.17. The van der Waals surface area contributed by atoms with Crippen molar-refractivity contribution in [3.63, 3.8) is 0 Å². The van der Waals surface area contributed by atoms with Crippen molar-refractivity contribution in [1.29, 1.82) is 0 Å². The fourth-order valence-corrected chi connectivity index (χ4v) is 4.62. The average molecular weight is 374 g/mol. The highest BCUT2D eigenvalue weighted by atomic mass is 32.2. The van der Waals surface area contributed by atoms with Gasteiger partial charge >= 0.3 is 0 Å². The van der Waals surface area contributed by atoms with Crippen LogP contribution in [0.5, 0.6) is 0 Å². The van der Waals surface area contributed by atoms with Crippen molar-refractivity contribution in [1.82, 2.24) is 5.48 Å². The Labute approximate surface area is 148 Å². The minimum Gasteiger partial charge on any atom is -0.288 e. The predicted molar refractivity (Wildman–Crippen MR) is 98.0 cm³/mol. The number of nitrogens with one attached hydrogen (secondary N) is 2. The molecule has 0 fully saturated rings. The molecule has 0 aliphatic carbocycles. The van der Waals surface area contributed by atoms with Gasteiger partial charge in [-0.2, -0.15) is 0 Å². The van der Waals surface area contributed by atoms with Gasteiger partial charge in [0.1, 0.15) is 4.21 Å². The van der Waals surface area contributed by atoms with Crippen LogP contribution in [0.4, 0.5) is 5.69 Å². The van der Waals surface area contributed by atoms with E-state index >= 15 is 0 Å².